The van der Waals surface area contributed by atoms with E-state index in [9.17, 15) is 21.6 Å². The SMILES string of the molecule is CCn1c(Oc2cccc(N3CCN(C)CC3)c2)nnc1[C@@H](C)NS(=O)(=O)c1ccccc1OC(F)(F)F. The zero-order valence-corrected chi connectivity index (χ0v) is 22.0. The molecule has 1 aliphatic heterocycles. The summed E-state index contributed by atoms with van der Waals surface area (Å²) in [6.07, 6.45) is -5.05. The molecule has 3 aromatic rings. The van der Waals surface area contributed by atoms with Crippen LogP contribution >= 0.6 is 0 Å². The average molecular weight is 555 g/mol. The van der Waals surface area contributed by atoms with Gasteiger partial charge >= 0.3 is 12.4 Å². The highest BCUT2D eigenvalue weighted by Crippen LogP contribution is 2.31. The van der Waals surface area contributed by atoms with Crippen LogP contribution in [0.3, 0.4) is 0 Å². The number of halogens is 3. The van der Waals surface area contributed by atoms with Crippen molar-refractivity contribution in [2.24, 2.45) is 0 Å². The van der Waals surface area contributed by atoms with E-state index < -0.39 is 33.1 Å². The minimum atomic E-state index is -5.05. The van der Waals surface area contributed by atoms with Crippen molar-refractivity contribution in [2.75, 3.05) is 38.1 Å². The highest BCUT2D eigenvalue weighted by molar-refractivity contribution is 7.89. The molecule has 1 atom stereocenters. The van der Waals surface area contributed by atoms with Gasteiger partial charge in [0.05, 0.1) is 6.04 Å². The molecule has 0 unspecified atom stereocenters. The number of aromatic nitrogens is 3. The number of likely N-dealkylation sites (N-methyl/N-ethyl adjacent to an activating group) is 1. The highest BCUT2D eigenvalue weighted by atomic mass is 32.2. The van der Waals surface area contributed by atoms with Gasteiger partial charge in [0, 0.05) is 44.5 Å². The van der Waals surface area contributed by atoms with E-state index in [2.05, 4.69) is 36.5 Å². The van der Waals surface area contributed by atoms with Crippen molar-refractivity contribution in [3.8, 4) is 17.5 Å². The maximum absolute atomic E-state index is 13.0. The van der Waals surface area contributed by atoms with Crippen molar-refractivity contribution in [1.82, 2.24) is 24.4 Å². The lowest BCUT2D eigenvalue weighted by atomic mass is 10.2. The first-order valence-electron chi connectivity index (χ1n) is 12.0. The van der Waals surface area contributed by atoms with Gasteiger partial charge in [-0.25, -0.2) is 13.1 Å². The molecule has 2 heterocycles. The Bertz CT molecular complexity index is 1360. The van der Waals surface area contributed by atoms with E-state index in [0.29, 0.717) is 12.3 Å². The molecule has 10 nitrogen and oxygen atoms in total. The smallest absolute Gasteiger partial charge is 0.424 e. The van der Waals surface area contributed by atoms with Gasteiger partial charge in [-0.15, -0.1) is 18.3 Å². The monoisotopic (exact) mass is 554 g/mol. The number of nitrogens with zero attached hydrogens (tertiary/aromatic N) is 5. The summed E-state index contributed by atoms with van der Waals surface area (Å²) in [4.78, 5) is 3.88. The first-order chi connectivity index (χ1) is 18.0. The number of ether oxygens (including phenoxy) is 2. The number of alkyl halides is 3. The fraction of sp³-hybridized carbons (Fsp3) is 0.417. The molecule has 1 fully saturated rings. The maximum Gasteiger partial charge on any atom is 0.573 e. The van der Waals surface area contributed by atoms with Gasteiger partial charge in [-0.3, -0.25) is 4.57 Å². The first kappa shape index (κ1) is 27.7. The second kappa shape index (κ2) is 11.2. The molecule has 0 saturated carbocycles. The minimum absolute atomic E-state index is 0.157. The van der Waals surface area contributed by atoms with Gasteiger partial charge in [-0.2, -0.15) is 0 Å². The first-order valence-corrected chi connectivity index (χ1v) is 13.5. The van der Waals surface area contributed by atoms with Crippen LogP contribution in [0.25, 0.3) is 0 Å². The molecule has 0 bridgehead atoms. The molecule has 14 heteroatoms. The van der Waals surface area contributed by atoms with Crippen LogP contribution in [-0.2, 0) is 16.6 Å². The van der Waals surface area contributed by atoms with Gasteiger partial charge in [0.15, 0.2) is 5.82 Å². The molecule has 1 aliphatic rings. The molecule has 4 rings (SSSR count). The number of sulfonamides is 1. The number of para-hydroxylation sites is 1. The van der Waals surface area contributed by atoms with Crippen LogP contribution in [0.5, 0.6) is 17.5 Å². The number of rotatable bonds is 9. The van der Waals surface area contributed by atoms with Gasteiger partial charge in [0.25, 0.3) is 0 Å². The van der Waals surface area contributed by atoms with E-state index in [1.54, 1.807) is 10.6 Å². The van der Waals surface area contributed by atoms with Crippen molar-refractivity contribution in [3.63, 3.8) is 0 Å². The Morgan fingerprint density at radius 3 is 2.45 bits per heavy atom. The average Bonchev–Trinajstić information content (AvgIpc) is 3.26. The van der Waals surface area contributed by atoms with Crippen molar-refractivity contribution >= 4 is 15.7 Å². The van der Waals surface area contributed by atoms with E-state index in [1.165, 1.54) is 19.1 Å². The molecule has 206 valence electrons. The Morgan fingerprint density at radius 2 is 1.76 bits per heavy atom. The van der Waals surface area contributed by atoms with Crippen LogP contribution in [0.1, 0.15) is 25.7 Å². The fourth-order valence-electron chi connectivity index (χ4n) is 4.14. The fourth-order valence-corrected chi connectivity index (χ4v) is 5.47. The summed E-state index contributed by atoms with van der Waals surface area (Å²) in [5.74, 6) is -0.0574. The predicted octanol–water partition coefficient (Wildman–Crippen LogP) is 3.78. The lowest BCUT2D eigenvalue weighted by molar-refractivity contribution is -0.275. The van der Waals surface area contributed by atoms with Gasteiger partial charge in [0.1, 0.15) is 16.4 Å². The standard InChI is InChI=1S/C24H29F3N6O4S/c1-4-33-22(17(2)30-38(34,35)21-11-6-5-10-20(21)37-24(25,26)27)28-29-23(33)36-19-9-7-8-18(16-19)32-14-12-31(3)13-15-32/h5-11,16-17,30H,4,12-15H2,1-3H3/t17-/m1/s1. The zero-order chi connectivity index (χ0) is 27.5. The van der Waals surface area contributed by atoms with Crippen LogP contribution in [0.4, 0.5) is 18.9 Å². The van der Waals surface area contributed by atoms with Crippen LogP contribution in [-0.4, -0.2) is 67.7 Å². The summed E-state index contributed by atoms with van der Waals surface area (Å²) in [7, 11) is -2.33. The number of piperazine rings is 1. The predicted molar refractivity (Wildman–Crippen MR) is 134 cm³/mol. The zero-order valence-electron chi connectivity index (χ0n) is 21.1. The van der Waals surface area contributed by atoms with E-state index in [1.807, 2.05) is 25.1 Å². The Hall–Kier alpha value is -3.36. The van der Waals surface area contributed by atoms with E-state index >= 15 is 0 Å². The summed E-state index contributed by atoms with van der Waals surface area (Å²) in [5, 5.41) is 8.18. The molecule has 1 aromatic heterocycles. The third-order valence-electron chi connectivity index (χ3n) is 6.04. The lowest BCUT2D eigenvalue weighted by Crippen LogP contribution is -2.44. The molecule has 38 heavy (non-hydrogen) atoms. The van der Waals surface area contributed by atoms with E-state index in [0.717, 1.165) is 44.0 Å². The number of hydrogen-bond donors (Lipinski definition) is 1. The Labute approximate surface area is 219 Å². The third-order valence-corrected chi connectivity index (χ3v) is 7.62. The van der Waals surface area contributed by atoms with Gasteiger partial charge in [-0.05, 0) is 45.2 Å². The summed E-state index contributed by atoms with van der Waals surface area (Å²) in [6.45, 7) is 7.38. The summed E-state index contributed by atoms with van der Waals surface area (Å²) in [5.41, 5.74) is 1.01. The van der Waals surface area contributed by atoms with Crippen molar-refractivity contribution in [3.05, 3.63) is 54.4 Å². The van der Waals surface area contributed by atoms with Crippen molar-refractivity contribution < 1.29 is 31.1 Å². The lowest BCUT2D eigenvalue weighted by Gasteiger charge is -2.34. The minimum Gasteiger partial charge on any atom is -0.424 e. The molecule has 2 aromatic carbocycles. The van der Waals surface area contributed by atoms with Crippen molar-refractivity contribution in [1.29, 1.82) is 0 Å². The molecule has 0 spiro atoms. The van der Waals surface area contributed by atoms with Crippen LogP contribution in [0.15, 0.2) is 53.4 Å². The van der Waals surface area contributed by atoms with Gasteiger partial charge in [0.2, 0.25) is 10.0 Å². The van der Waals surface area contributed by atoms with Crippen LogP contribution in [0, 0.1) is 0 Å². The second-order valence-electron chi connectivity index (χ2n) is 8.81. The maximum atomic E-state index is 13.0. The van der Waals surface area contributed by atoms with Crippen molar-refractivity contribution in [2.45, 2.75) is 37.7 Å². The number of nitrogens with one attached hydrogen (secondary N) is 1. The van der Waals surface area contributed by atoms with Crippen LogP contribution in [0.2, 0.25) is 0 Å². The number of benzene rings is 2. The Morgan fingerprint density at radius 1 is 1.05 bits per heavy atom. The molecule has 1 N–H and O–H groups in total. The summed E-state index contributed by atoms with van der Waals surface area (Å²) >= 11 is 0. The summed E-state index contributed by atoms with van der Waals surface area (Å²) in [6, 6.07) is 11.3. The van der Waals surface area contributed by atoms with Crippen LogP contribution < -0.4 is 19.1 Å². The summed E-state index contributed by atoms with van der Waals surface area (Å²) < 4.78 is 78.2. The largest absolute Gasteiger partial charge is 0.573 e. The topological polar surface area (TPSA) is 102 Å². The van der Waals surface area contributed by atoms with E-state index in [-0.39, 0.29) is 11.8 Å². The molecule has 0 aliphatic carbocycles. The molecular formula is C24H29F3N6O4S. The Kier molecular flexibility index (Phi) is 8.13. The van der Waals surface area contributed by atoms with Gasteiger partial charge < -0.3 is 19.3 Å². The second-order valence-corrected chi connectivity index (χ2v) is 10.5. The Balaban J connectivity index is 1.52. The highest BCUT2D eigenvalue weighted by Gasteiger charge is 2.34. The number of hydrogen-bond acceptors (Lipinski definition) is 8. The third kappa shape index (κ3) is 6.55. The molecule has 1 saturated heterocycles. The van der Waals surface area contributed by atoms with Gasteiger partial charge in [-0.1, -0.05) is 23.3 Å². The normalized spacial score (nSPS) is 15.9. The molecule has 0 radical (unpaired) electrons. The molecule has 0 amide bonds. The number of anilines is 1. The molecular weight excluding hydrogens is 525 g/mol. The van der Waals surface area contributed by atoms with E-state index in [4.69, 9.17) is 4.74 Å². The quantitative estimate of drug-likeness (QED) is 0.427.